The van der Waals surface area contributed by atoms with E-state index in [1.807, 2.05) is 36.2 Å². The fraction of sp³-hybridized carbons (Fsp3) is 0.708. The molecular weight excluding hydrogens is 426 g/mol. The molecule has 32 heavy (non-hydrogen) atoms. The Morgan fingerprint density at radius 3 is 2.44 bits per heavy atom. The van der Waals surface area contributed by atoms with Crippen LogP contribution in [0.5, 0.6) is 0 Å². The highest BCUT2D eigenvalue weighted by molar-refractivity contribution is 7.90. The van der Waals surface area contributed by atoms with E-state index >= 15 is 0 Å². The van der Waals surface area contributed by atoms with Gasteiger partial charge >= 0.3 is 16.2 Å². The second kappa shape index (κ2) is 12.6. The number of aryl methyl sites for hydroxylation is 1. The zero-order valence-corrected chi connectivity index (χ0v) is 21.0. The number of carbonyl (C=O) groups excluding carboxylic acids is 1. The lowest BCUT2D eigenvalue weighted by Gasteiger charge is -2.41. The Morgan fingerprint density at radius 2 is 1.81 bits per heavy atom. The van der Waals surface area contributed by atoms with Crippen LogP contribution in [0.25, 0.3) is 0 Å². The number of esters is 1. The number of carbonyl (C=O) groups is 1. The zero-order chi connectivity index (χ0) is 23.6. The number of anilines is 1. The van der Waals surface area contributed by atoms with Gasteiger partial charge in [-0.3, -0.25) is 9.10 Å². The topological polar surface area (TPSA) is 79.0 Å². The number of unbranched alkanes of at least 4 members (excludes halogenated alkanes) is 5. The predicted molar refractivity (Wildman–Crippen MR) is 130 cm³/mol. The van der Waals surface area contributed by atoms with Crippen molar-refractivity contribution in [3.8, 4) is 0 Å². The molecule has 1 aromatic rings. The summed E-state index contributed by atoms with van der Waals surface area (Å²) in [6, 6.07) is 7.72. The standard InChI is InChI=1S/C24H41N3O4S/c1-5-6-7-8-9-10-12-21-13-15-22(16-14-21)27(3)32(29,30)25-24(19-23(28)31-4)17-11-18-26(2)20-24/h13-16,25H,5-12,17-20H2,1-4H3. The van der Waals surface area contributed by atoms with Crippen LogP contribution < -0.4 is 9.03 Å². The minimum atomic E-state index is -3.84. The summed E-state index contributed by atoms with van der Waals surface area (Å²) in [5.41, 5.74) is 0.950. The van der Waals surface area contributed by atoms with E-state index in [0.717, 1.165) is 25.8 Å². The molecule has 0 spiro atoms. The first-order valence-electron chi connectivity index (χ1n) is 11.8. The van der Waals surface area contributed by atoms with Gasteiger partial charge in [0.05, 0.1) is 24.8 Å². The van der Waals surface area contributed by atoms with Gasteiger partial charge in [0.1, 0.15) is 0 Å². The molecule has 8 heteroatoms. The first-order valence-corrected chi connectivity index (χ1v) is 13.3. The van der Waals surface area contributed by atoms with Gasteiger partial charge in [0.2, 0.25) is 0 Å². The highest BCUT2D eigenvalue weighted by Gasteiger charge is 2.41. The van der Waals surface area contributed by atoms with E-state index in [9.17, 15) is 13.2 Å². The highest BCUT2D eigenvalue weighted by Crippen LogP contribution is 2.27. The van der Waals surface area contributed by atoms with E-state index in [0.29, 0.717) is 18.7 Å². The molecule has 1 fully saturated rings. The van der Waals surface area contributed by atoms with E-state index in [2.05, 4.69) is 11.6 Å². The van der Waals surface area contributed by atoms with Crippen LogP contribution in [0.2, 0.25) is 0 Å². The maximum atomic E-state index is 13.2. The predicted octanol–water partition coefficient (Wildman–Crippen LogP) is 3.89. The zero-order valence-electron chi connectivity index (χ0n) is 20.2. The quantitative estimate of drug-likeness (QED) is 0.352. The van der Waals surface area contributed by atoms with Gasteiger partial charge in [0.25, 0.3) is 0 Å². The van der Waals surface area contributed by atoms with Crippen LogP contribution in [0.1, 0.15) is 70.3 Å². The fourth-order valence-corrected chi connectivity index (χ4v) is 5.76. The summed E-state index contributed by atoms with van der Waals surface area (Å²) in [4.78, 5) is 14.1. The van der Waals surface area contributed by atoms with Crippen LogP contribution in [0.3, 0.4) is 0 Å². The minimum Gasteiger partial charge on any atom is -0.469 e. The Hall–Kier alpha value is -1.64. The molecule has 2 rings (SSSR count). The van der Waals surface area contributed by atoms with Crippen LogP contribution in [0.4, 0.5) is 5.69 Å². The molecule has 1 saturated heterocycles. The van der Waals surface area contributed by atoms with E-state index in [4.69, 9.17) is 4.74 Å². The first kappa shape index (κ1) is 26.6. The number of nitrogens with one attached hydrogen (secondary N) is 1. The smallest absolute Gasteiger partial charge is 0.307 e. The first-order chi connectivity index (χ1) is 15.2. The van der Waals surface area contributed by atoms with Crippen LogP contribution in [-0.2, 0) is 26.2 Å². The van der Waals surface area contributed by atoms with E-state index in [1.165, 1.54) is 49.1 Å². The number of likely N-dealkylation sites (N-methyl/N-ethyl adjacent to an activating group) is 1. The normalized spacial score (nSPS) is 19.6. The number of rotatable bonds is 13. The van der Waals surface area contributed by atoms with Crippen molar-refractivity contribution in [3.05, 3.63) is 29.8 Å². The van der Waals surface area contributed by atoms with Crippen LogP contribution in [0, 0.1) is 0 Å². The number of methoxy groups -OCH3 is 1. The Bertz CT molecular complexity index is 813. The molecule has 0 aromatic heterocycles. The Morgan fingerprint density at radius 1 is 1.16 bits per heavy atom. The van der Waals surface area contributed by atoms with Crippen LogP contribution >= 0.6 is 0 Å². The van der Waals surface area contributed by atoms with Crippen molar-refractivity contribution < 1.29 is 17.9 Å². The number of nitrogens with zero attached hydrogens (tertiary/aromatic N) is 2. The molecule has 0 bridgehead atoms. The maximum Gasteiger partial charge on any atom is 0.307 e. The van der Waals surface area contributed by atoms with Crippen molar-refractivity contribution in [3.63, 3.8) is 0 Å². The molecule has 0 radical (unpaired) electrons. The average molecular weight is 468 g/mol. The Labute approximate surface area is 194 Å². The number of benzene rings is 1. The fourth-order valence-electron chi connectivity index (χ4n) is 4.44. The van der Waals surface area contributed by atoms with Crippen molar-refractivity contribution in [1.82, 2.24) is 9.62 Å². The summed E-state index contributed by atoms with van der Waals surface area (Å²) in [5.74, 6) is -0.412. The van der Waals surface area contributed by atoms with Gasteiger partial charge < -0.3 is 9.64 Å². The summed E-state index contributed by atoms with van der Waals surface area (Å²) in [5, 5.41) is 0. The van der Waals surface area contributed by atoms with Gasteiger partial charge in [0.15, 0.2) is 0 Å². The third kappa shape index (κ3) is 8.05. The molecule has 0 aliphatic carbocycles. The van der Waals surface area contributed by atoms with Crippen molar-refractivity contribution >= 4 is 21.9 Å². The molecule has 1 N–H and O–H groups in total. The van der Waals surface area contributed by atoms with E-state index in [1.54, 1.807) is 7.05 Å². The largest absolute Gasteiger partial charge is 0.469 e. The summed E-state index contributed by atoms with van der Waals surface area (Å²) >= 11 is 0. The summed E-state index contributed by atoms with van der Waals surface area (Å²) in [6.07, 6.45) is 9.96. The molecule has 1 aromatic carbocycles. The van der Waals surface area contributed by atoms with Gasteiger partial charge in [-0.25, -0.2) is 0 Å². The minimum absolute atomic E-state index is 0.0120. The monoisotopic (exact) mass is 467 g/mol. The van der Waals surface area contributed by atoms with Gasteiger partial charge in [-0.15, -0.1) is 0 Å². The Balaban J connectivity index is 2.01. The number of piperidine rings is 1. The molecular formula is C24H41N3O4S. The number of likely N-dealkylation sites (tertiary alicyclic amines) is 1. The lowest BCUT2D eigenvalue weighted by atomic mass is 9.87. The van der Waals surface area contributed by atoms with E-state index < -0.39 is 21.7 Å². The molecule has 1 unspecified atom stereocenters. The van der Waals surface area contributed by atoms with Crippen LogP contribution in [0.15, 0.2) is 24.3 Å². The molecule has 7 nitrogen and oxygen atoms in total. The molecule has 1 heterocycles. The van der Waals surface area contributed by atoms with Crippen molar-refractivity contribution in [2.75, 3.05) is 38.6 Å². The highest BCUT2D eigenvalue weighted by atomic mass is 32.2. The van der Waals surface area contributed by atoms with Crippen molar-refractivity contribution in [1.29, 1.82) is 0 Å². The third-order valence-electron chi connectivity index (χ3n) is 6.30. The summed E-state index contributed by atoms with van der Waals surface area (Å²) in [6.45, 7) is 3.56. The molecule has 0 saturated carbocycles. The van der Waals surface area contributed by atoms with Gasteiger partial charge in [0, 0.05) is 13.6 Å². The Kier molecular flexibility index (Phi) is 10.4. The molecule has 182 valence electrons. The van der Waals surface area contributed by atoms with Gasteiger partial charge in [-0.1, -0.05) is 51.2 Å². The lowest BCUT2D eigenvalue weighted by molar-refractivity contribution is -0.142. The van der Waals surface area contributed by atoms with Gasteiger partial charge in [-0.05, 0) is 57.0 Å². The summed E-state index contributed by atoms with van der Waals surface area (Å²) in [7, 11) is 0.968. The molecule has 1 aliphatic heterocycles. The lowest BCUT2D eigenvalue weighted by Crippen LogP contribution is -2.61. The number of hydrogen-bond acceptors (Lipinski definition) is 5. The molecule has 1 atom stereocenters. The van der Waals surface area contributed by atoms with Crippen molar-refractivity contribution in [2.24, 2.45) is 0 Å². The summed E-state index contributed by atoms with van der Waals surface area (Å²) < 4.78 is 35.3. The number of ether oxygens (including phenoxy) is 1. The van der Waals surface area contributed by atoms with Crippen LogP contribution in [-0.4, -0.2) is 59.1 Å². The average Bonchev–Trinajstić information content (AvgIpc) is 2.75. The van der Waals surface area contributed by atoms with E-state index in [-0.39, 0.29) is 6.42 Å². The maximum absolute atomic E-state index is 13.2. The van der Waals surface area contributed by atoms with Crippen molar-refractivity contribution in [2.45, 2.75) is 76.7 Å². The molecule has 1 aliphatic rings. The third-order valence-corrected chi connectivity index (χ3v) is 7.93. The number of hydrogen-bond donors (Lipinski definition) is 1. The second-order valence-electron chi connectivity index (χ2n) is 9.13. The second-order valence-corrected chi connectivity index (χ2v) is 10.8. The van der Waals surface area contributed by atoms with Gasteiger partial charge in [-0.2, -0.15) is 13.1 Å². The SMILES string of the molecule is CCCCCCCCc1ccc(N(C)S(=O)(=O)NC2(CC(=O)OC)CCCN(C)C2)cc1. The molecule has 0 amide bonds.